The summed E-state index contributed by atoms with van der Waals surface area (Å²) in [5, 5.41) is 0. The highest BCUT2D eigenvalue weighted by Gasteiger charge is 2.35. The van der Waals surface area contributed by atoms with E-state index in [0.717, 1.165) is 25.1 Å². The summed E-state index contributed by atoms with van der Waals surface area (Å²) in [6.07, 6.45) is 3.84. The number of thioether (sulfide) groups is 1. The van der Waals surface area contributed by atoms with Crippen molar-refractivity contribution in [2.45, 2.75) is 44.7 Å². The fourth-order valence-electron chi connectivity index (χ4n) is 3.19. The Labute approximate surface area is 132 Å². The fourth-order valence-corrected chi connectivity index (χ4v) is 3.68. The molecule has 116 valence electrons. The van der Waals surface area contributed by atoms with E-state index in [1.807, 2.05) is 11.2 Å². The summed E-state index contributed by atoms with van der Waals surface area (Å²) in [6, 6.07) is 8.42. The van der Waals surface area contributed by atoms with Gasteiger partial charge in [0.1, 0.15) is 0 Å². The Balaban J connectivity index is 2.04. The number of rotatable bonds is 5. The van der Waals surface area contributed by atoms with E-state index in [4.69, 9.17) is 5.73 Å². The predicted octanol–water partition coefficient (Wildman–Crippen LogP) is 2.78. The second kappa shape index (κ2) is 7.32. The molecule has 2 rings (SSSR count). The van der Waals surface area contributed by atoms with E-state index >= 15 is 0 Å². The highest BCUT2D eigenvalue weighted by atomic mass is 32.2. The van der Waals surface area contributed by atoms with Crippen molar-refractivity contribution in [1.29, 1.82) is 0 Å². The molecule has 1 fully saturated rings. The Morgan fingerprint density at radius 2 is 2.19 bits per heavy atom. The third-order valence-electron chi connectivity index (χ3n) is 4.44. The molecule has 0 bridgehead atoms. The minimum atomic E-state index is -0.351. The third-order valence-corrected chi connectivity index (χ3v) is 5.08. The van der Waals surface area contributed by atoms with E-state index in [9.17, 15) is 4.79 Å². The van der Waals surface area contributed by atoms with E-state index in [1.54, 1.807) is 11.8 Å². The number of hydrogen-bond donors (Lipinski definition) is 1. The maximum Gasteiger partial charge on any atom is 0.239 e. The van der Waals surface area contributed by atoms with Gasteiger partial charge in [-0.05, 0) is 49.8 Å². The summed E-state index contributed by atoms with van der Waals surface area (Å²) in [5.74, 6) is 1.50. The number of nitrogens with two attached hydrogens (primary N) is 1. The molecule has 0 spiro atoms. The van der Waals surface area contributed by atoms with E-state index in [0.29, 0.717) is 5.92 Å². The normalized spacial score (nSPS) is 23.3. The van der Waals surface area contributed by atoms with Crippen LogP contribution in [0.25, 0.3) is 0 Å². The lowest BCUT2D eigenvalue weighted by molar-refractivity contribution is -0.133. The molecule has 2 N–H and O–H groups in total. The van der Waals surface area contributed by atoms with Crippen LogP contribution in [-0.2, 0) is 4.79 Å². The number of benzene rings is 1. The lowest BCUT2D eigenvalue weighted by Crippen LogP contribution is -2.45. The molecule has 21 heavy (non-hydrogen) atoms. The molecule has 3 atom stereocenters. The minimum absolute atomic E-state index is 0.118. The third kappa shape index (κ3) is 3.80. The van der Waals surface area contributed by atoms with Gasteiger partial charge in [0.15, 0.2) is 0 Å². The van der Waals surface area contributed by atoms with E-state index < -0.39 is 0 Å². The standard InChI is InChI=1S/C17H26N2OS/c1-12-6-4-5-7-15(12)14-10-13(2)19(11-14)17(20)16(18)8-9-21-3/h4-7,13-14,16H,8-11,18H2,1-3H3. The quantitative estimate of drug-likeness (QED) is 0.910. The molecule has 0 saturated carbocycles. The van der Waals surface area contributed by atoms with Crippen molar-refractivity contribution in [3.8, 4) is 0 Å². The van der Waals surface area contributed by atoms with Gasteiger partial charge in [-0.1, -0.05) is 24.3 Å². The molecule has 1 heterocycles. The molecule has 1 aliphatic rings. The van der Waals surface area contributed by atoms with Gasteiger partial charge in [0.05, 0.1) is 6.04 Å². The van der Waals surface area contributed by atoms with Crippen LogP contribution in [0.5, 0.6) is 0 Å². The Hall–Kier alpha value is -1.00. The van der Waals surface area contributed by atoms with Crippen molar-refractivity contribution in [3.63, 3.8) is 0 Å². The zero-order valence-corrected chi connectivity index (χ0v) is 14.0. The summed E-state index contributed by atoms with van der Waals surface area (Å²) in [7, 11) is 0. The first kappa shape index (κ1) is 16.4. The summed E-state index contributed by atoms with van der Waals surface area (Å²) >= 11 is 1.74. The van der Waals surface area contributed by atoms with Crippen LogP contribution in [0.15, 0.2) is 24.3 Å². The molecule has 1 aliphatic heterocycles. The number of nitrogens with zero attached hydrogens (tertiary/aromatic N) is 1. The van der Waals surface area contributed by atoms with Gasteiger partial charge in [-0.25, -0.2) is 0 Å². The number of aryl methyl sites for hydroxylation is 1. The van der Waals surface area contributed by atoms with Gasteiger partial charge in [-0.2, -0.15) is 11.8 Å². The van der Waals surface area contributed by atoms with E-state index in [2.05, 4.69) is 38.1 Å². The van der Waals surface area contributed by atoms with Crippen LogP contribution >= 0.6 is 11.8 Å². The Kier molecular flexibility index (Phi) is 5.71. The largest absolute Gasteiger partial charge is 0.338 e. The van der Waals surface area contributed by atoms with Crippen molar-refractivity contribution in [3.05, 3.63) is 35.4 Å². The highest BCUT2D eigenvalue weighted by molar-refractivity contribution is 7.98. The lowest BCUT2D eigenvalue weighted by atomic mass is 9.93. The number of carbonyl (C=O) groups excluding carboxylic acids is 1. The molecule has 0 aromatic heterocycles. The lowest BCUT2D eigenvalue weighted by Gasteiger charge is -2.25. The van der Waals surface area contributed by atoms with Crippen molar-refractivity contribution in [2.75, 3.05) is 18.6 Å². The van der Waals surface area contributed by atoms with Gasteiger partial charge in [-0.3, -0.25) is 4.79 Å². The molecule has 4 heteroatoms. The molecule has 1 amide bonds. The summed E-state index contributed by atoms with van der Waals surface area (Å²) in [5.41, 5.74) is 8.74. The number of carbonyl (C=O) groups is 1. The smallest absolute Gasteiger partial charge is 0.239 e. The Morgan fingerprint density at radius 1 is 1.48 bits per heavy atom. The van der Waals surface area contributed by atoms with E-state index in [1.165, 1.54) is 11.1 Å². The second-order valence-electron chi connectivity index (χ2n) is 6.02. The van der Waals surface area contributed by atoms with Gasteiger partial charge in [0, 0.05) is 18.5 Å². The van der Waals surface area contributed by atoms with Crippen molar-refractivity contribution >= 4 is 17.7 Å². The van der Waals surface area contributed by atoms with Crippen LogP contribution in [0, 0.1) is 6.92 Å². The first-order valence-electron chi connectivity index (χ1n) is 7.65. The summed E-state index contributed by atoms with van der Waals surface area (Å²) in [4.78, 5) is 14.5. The Bertz CT molecular complexity index is 491. The molecule has 0 radical (unpaired) electrons. The van der Waals surface area contributed by atoms with Gasteiger partial charge >= 0.3 is 0 Å². The highest BCUT2D eigenvalue weighted by Crippen LogP contribution is 2.33. The summed E-state index contributed by atoms with van der Waals surface area (Å²) in [6.45, 7) is 5.09. The zero-order valence-electron chi connectivity index (χ0n) is 13.2. The molecule has 3 unspecified atom stereocenters. The molecule has 0 aliphatic carbocycles. The van der Waals surface area contributed by atoms with Crippen molar-refractivity contribution in [2.24, 2.45) is 5.73 Å². The van der Waals surface area contributed by atoms with Gasteiger partial charge < -0.3 is 10.6 Å². The van der Waals surface area contributed by atoms with Crippen LogP contribution in [0.1, 0.15) is 36.8 Å². The topological polar surface area (TPSA) is 46.3 Å². The SMILES string of the molecule is CSCCC(N)C(=O)N1CC(c2ccccc2C)CC1C. The van der Waals surface area contributed by atoms with Crippen LogP contribution in [0.2, 0.25) is 0 Å². The first-order chi connectivity index (χ1) is 10.0. The second-order valence-corrected chi connectivity index (χ2v) is 7.00. The van der Waals surface area contributed by atoms with Crippen LogP contribution in [0.4, 0.5) is 0 Å². The Morgan fingerprint density at radius 3 is 2.86 bits per heavy atom. The van der Waals surface area contributed by atoms with Crippen LogP contribution in [0.3, 0.4) is 0 Å². The molecule has 3 nitrogen and oxygen atoms in total. The van der Waals surface area contributed by atoms with Gasteiger partial charge in [0.25, 0.3) is 0 Å². The maximum atomic E-state index is 12.5. The van der Waals surface area contributed by atoms with Gasteiger partial charge in [-0.15, -0.1) is 0 Å². The van der Waals surface area contributed by atoms with Gasteiger partial charge in [0.2, 0.25) is 5.91 Å². The molecule has 1 saturated heterocycles. The maximum absolute atomic E-state index is 12.5. The number of amides is 1. The number of hydrogen-bond acceptors (Lipinski definition) is 3. The molecular formula is C17H26N2OS. The zero-order chi connectivity index (χ0) is 15.4. The average Bonchev–Trinajstić information content (AvgIpc) is 2.86. The van der Waals surface area contributed by atoms with Crippen molar-refractivity contribution < 1.29 is 4.79 Å². The fraction of sp³-hybridized carbons (Fsp3) is 0.588. The first-order valence-corrected chi connectivity index (χ1v) is 9.04. The van der Waals surface area contributed by atoms with E-state index in [-0.39, 0.29) is 18.0 Å². The van der Waals surface area contributed by atoms with Crippen molar-refractivity contribution in [1.82, 2.24) is 4.90 Å². The molecule has 1 aromatic carbocycles. The predicted molar refractivity (Wildman–Crippen MR) is 90.7 cm³/mol. The average molecular weight is 306 g/mol. The minimum Gasteiger partial charge on any atom is -0.338 e. The van der Waals surface area contributed by atoms with Crippen LogP contribution in [-0.4, -0.2) is 41.4 Å². The monoisotopic (exact) mass is 306 g/mol. The number of likely N-dealkylation sites (tertiary alicyclic amines) is 1. The molecular weight excluding hydrogens is 280 g/mol. The molecule has 1 aromatic rings. The van der Waals surface area contributed by atoms with Crippen LogP contribution < -0.4 is 5.73 Å². The summed E-state index contributed by atoms with van der Waals surface area (Å²) < 4.78 is 0.